The number of aliphatic hydroxyl groups is 1. The van der Waals surface area contributed by atoms with Crippen molar-refractivity contribution < 1.29 is 5.11 Å². The van der Waals surface area contributed by atoms with Crippen LogP contribution >= 0.6 is 15.9 Å². The molecule has 1 aromatic carbocycles. The molecule has 0 aromatic heterocycles. The number of hydrogen-bond acceptors (Lipinski definition) is 2. The molecular formula is C13H20BrNO. The highest BCUT2D eigenvalue weighted by Gasteiger charge is 2.21. The highest BCUT2D eigenvalue weighted by atomic mass is 79.9. The number of halogens is 1. The van der Waals surface area contributed by atoms with Crippen molar-refractivity contribution in [1.82, 2.24) is 0 Å². The van der Waals surface area contributed by atoms with Gasteiger partial charge in [-0.15, -0.1) is 0 Å². The number of benzene rings is 1. The van der Waals surface area contributed by atoms with E-state index in [9.17, 15) is 0 Å². The number of hydrogen-bond donors (Lipinski definition) is 1. The van der Waals surface area contributed by atoms with E-state index in [-0.39, 0.29) is 12.1 Å². The molecule has 0 fully saturated rings. The summed E-state index contributed by atoms with van der Waals surface area (Å²) < 4.78 is 0.964. The quantitative estimate of drug-likeness (QED) is 0.914. The fraction of sp³-hybridized carbons (Fsp3) is 0.538. The van der Waals surface area contributed by atoms with Crippen molar-refractivity contribution in [1.29, 1.82) is 0 Å². The van der Waals surface area contributed by atoms with Crippen LogP contribution in [0.15, 0.2) is 22.7 Å². The van der Waals surface area contributed by atoms with Crippen molar-refractivity contribution in [2.24, 2.45) is 0 Å². The summed E-state index contributed by atoms with van der Waals surface area (Å²) in [5.41, 5.74) is 2.22. The fourth-order valence-electron chi connectivity index (χ4n) is 1.46. The first-order valence-corrected chi connectivity index (χ1v) is 6.34. The van der Waals surface area contributed by atoms with Gasteiger partial charge >= 0.3 is 0 Å². The lowest BCUT2D eigenvalue weighted by Gasteiger charge is -2.37. The van der Waals surface area contributed by atoms with Gasteiger partial charge in [0.05, 0.1) is 6.61 Å². The number of rotatable bonds is 4. The topological polar surface area (TPSA) is 23.5 Å². The number of nitrogens with zero attached hydrogens (tertiary/aromatic N) is 1. The van der Waals surface area contributed by atoms with Crippen LogP contribution in [0.25, 0.3) is 0 Å². The van der Waals surface area contributed by atoms with Crippen LogP contribution in [0.1, 0.15) is 32.8 Å². The Hall–Kier alpha value is -0.540. The van der Waals surface area contributed by atoms with Crippen LogP contribution in [-0.2, 0) is 6.61 Å². The van der Waals surface area contributed by atoms with Gasteiger partial charge in [-0.3, -0.25) is 0 Å². The predicted octanol–water partition coefficient (Wildman–Crippen LogP) is 3.57. The number of anilines is 1. The Morgan fingerprint density at radius 1 is 1.38 bits per heavy atom. The molecule has 1 rings (SSSR count). The predicted molar refractivity (Wildman–Crippen MR) is 72.8 cm³/mol. The van der Waals surface area contributed by atoms with Gasteiger partial charge in [-0.1, -0.05) is 28.9 Å². The van der Waals surface area contributed by atoms with Gasteiger partial charge in [-0.25, -0.2) is 0 Å². The molecule has 0 saturated heterocycles. The molecule has 0 atom stereocenters. The minimum atomic E-state index is 0.0712. The van der Waals surface area contributed by atoms with Crippen molar-refractivity contribution >= 4 is 21.6 Å². The molecule has 1 aromatic rings. The summed E-state index contributed by atoms with van der Waals surface area (Å²) in [4.78, 5) is 2.26. The van der Waals surface area contributed by atoms with Crippen molar-refractivity contribution in [3.63, 3.8) is 0 Å². The first-order chi connectivity index (χ1) is 7.42. The van der Waals surface area contributed by atoms with Gasteiger partial charge in [0.15, 0.2) is 0 Å². The van der Waals surface area contributed by atoms with Crippen LogP contribution in [0.3, 0.4) is 0 Å². The standard InChI is InChI=1S/C13H20BrNO/c1-5-13(2,3)15(4)11-7-6-10(9-16)12(14)8-11/h6-8,16H,5,9H2,1-4H3. The van der Waals surface area contributed by atoms with Crippen molar-refractivity contribution in [3.05, 3.63) is 28.2 Å². The van der Waals surface area contributed by atoms with Crippen molar-refractivity contribution in [2.45, 2.75) is 39.3 Å². The first-order valence-electron chi connectivity index (χ1n) is 5.55. The van der Waals surface area contributed by atoms with E-state index in [1.54, 1.807) is 0 Å². The molecule has 0 saturated carbocycles. The summed E-state index contributed by atoms with van der Waals surface area (Å²) in [6.45, 7) is 6.71. The summed E-state index contributed by atoms with van der Waals surface area (Å²) in [7, 11) is 2.10. The average molecular weight is 286 g/mol. The summed E-state index contributed by atoms with van der Waals surface area (Å²) in [5.74, 6) is 0. The minimum absolute atomic E-state index is 0.0712. The van der Waals surface area contributed by atoms with E-state index < -0.39 is 0 Å². The Morgan fingerprint density at radius 3 is 2.44 bits per heavy atom. The highest BCUT2D eigenvalue weighted by molar-refractivity contribution is 9.10. The molecule has 1 N–H and O–H groups in total. The second kappa shape index (κ2) is 5.19. The number of aliphatic hydroxyl groups excluding tert-OH is 1. The summed E-state index contributed by atoms with van der Waals surface area (Å²) in [5, 5.41) is 9.11. The molecule has 2 nitrogen and oxygen atoms in total. The van der Waals surface area contributed by atoms with E-state index in [0.717, 1.165) is 22.1 Å². The molecule has 90 valence electrons. The Bertz CT molecular complexity index is 363. The molecule has 0 radical (unpaired) electrons. The molecule has 0 bridgehead atoms. The SMILES string of the molecule is CCC(C)(C)N(C)c1ccc(CO)c(Br)c1. The van der Waals surface area contributed by atoms with Crippen molar-refractivity contribution in [2.75, 3.05) is 11.9 Å². The highest BCUT2D eigenvalue weighted by Crippen LogP contribution is 2.29. The zero-order chi connectivity index (χ0) is 12.3. The first kappa shape index (κ1) is 13.5. The summed E-state index contributed by atoms with van der Waals surface area (Å²) in [6.07, 6.45) is 1.09. The smallest absolute Gasteiger partial charge is 0.0692 e. The maximum atomic E-state index is 9.11. The molecule has 0 amide bonds. The molecule has 0 heterocycles. The van der Waals surface area contributed by atoms with Gasteiger partial charge in [0.25, 0.3) is 0 Å². The van der Waals surface area contributed by atoms with Gasteiger partial charge in [0.2, 0.25) is 0 Å². The molecule has 3 heteroatoms. The minimum Gasteiger partial charge on any atom is -0.392 e. The third-order valence-corrected chi connectivity index (χ3v) is 4.11. The zero-order valence-corrected chi connectivity index (χ0v) is 12.0. The van der Waals surface area contributed by atoms with Crippen LogP contribution < -0.4 is 4.90 Å². The normalized spacial score (nSPS) is 11.6. The zero-order valence-electron chi connectivity index (χ0n) is 10.4. The largest absolute Gasteiger partial charge is 0.392 e. The Morgan fingerprint density at radius 2 is 2.00 bits per heavy atom. The summed E-state index contributed by atoms with van der Waals surface area (Å²) in [6, 6.07) is 6.07. The third kappa shape index (κ3) is 2.77. The molecule has 0 spiro atoms. The van der Waals surface area contributed by atoms with E-state index in [0.29, 0.717) is 0 Å². The Labute approximate surface area is 106 Å². The monoisotopic (exact) mass is 285 g/mol. The lowest BCUT2D eigenvalue weighted by molar-refractivity contribution is 0.281. The van der Waals surface area contributed by atoms with E-state index in [2.05, 4.69) is 54.7 Å². The Balaban J connectivity index is 3.02. The van der Waals surface area contributed by atoms with E-state index in [1.807, 2.05) is 12.1 Å². The van der Waals surface area contributed by atoms with E-state index in [4.69, 9.17) is 5.11 Å². The van der Waals surface area contributed by atoms with Gasteiger partial charge in [0, 0.05) is 22.7 Å². The van der Waals surface area contributed by atoms with Gasteiger partial charge in [-0.2, -0.15) is 0 Å². The van der Waals surface area contributed by atoms with E-state index >= 15 is 0 Å². The van der Waals surface area contributed by atoms with Gasteiger partial charge in [0.1, 0.15) is 0 Å². The lowest BCUT2D eigenvalue weighted by Crippen LogP contribution is -2.40. The molecule has 0 aliphatic rings. The van der Waals surface area contributed by atoms with Crippen LogP contribution in [0.4, 0.5) is 5.69 Å². The molecule has 0 unspecified atom stereocenters. The van der Waals surface area contributed by atoms with Crippen LogP contribution in [0, 0.1) is 0 Å². The van der Waals surface area contributed by atoms with Gasteiger partial charge in [-0.05, 0) is 38.0 Å². The third-order valence-electron chi connectivity index (χ3n) is 3.37. The molecular weight excluding hydrogens is 266 g/mol. The second-order valence-corrected chi connectivity index (χ2v) is 5.51. The Kier molecular flexibility index (Phi) is 4.39. The lowest BCUT2D eigenvalue weighted by atomic mass is 9.99. The second-order valence-electron chi connectivity index (χ2n) is 4.66. The molecule has 0 aliphatic carbocycles. The maximum absolute atomic E-state index is 9.11. The van der Waals surface area contributed by atoms with Crippen LogP contribution in [-0.4, -0.2) is 17.7 Å². The van der Waals surface area contributed by atoms with E-state index in [1.165, 1.54) is 0 Å². The van der Waals surface area contributed by atoms with Crippen LogP contribution in [0.5, 0.6) is 0 Å². The molecule has 16 heavy (non-hydrogen) atoms. The fourth-order valence-corrected chi connectivity index (χ4v) is 1.95. The average Bonchev–Trinajstić information content (AvgIpc) is 2.27. The van der Waals surface area contributed by atoms with Crippen LogP contribution in [0.2, 0.25) is 0 Å². The summed E-state index contributed by atoms with van der Waals surface area (Å²) >= 11 is 3.48. The van der Waals surface area contributed by atoms with Gasteiger partial charge < -0.3 is 10.0 Å². The molecule has 0 aliphatic heterocycles. The maximum Gasteiger partial charge on any atom is 0.0692 e. The van der Waals surface area contributed by atoms with Crippen molar-refractivity contribution in [3.8, 4) is 0 Å².